The first-order valence-corrected chi connectivity index (χ1v) is 8.77. The Bertz CT molecular complexity index is 827. The van der Waals surface area contributed by atoms with Crippen molar-refractivity contribution >= 4 is 20.8 Å². The van der Waals surface area contributed by atoms with Gasteiger partial charge in [-0.15, -0.1) is 0 Å². The zero-order valence-electron chi connectivity index (χ0n) is 13.1. The number of nitrogens with zero attached hydrogens (tertiary/aromatic N) is 2. The van der Waals surface area contributed by atoms with Gasteiger partial charge < -0.3 is 18.2 Å². The van der Waals surface area contributed by atoms with Crippen LogP contribution in [0.25, 0.3) is 0 Å². The molecule has 0 aliphatic heterocycles. The number of benzene rings is 2. The van der Waals surface area contributed by atoms with Crippen LogP contribution in [0.1, 0.15) is 11.1 Å². The summed E-state index contributed by atoms with van der Waals surface area (Å²) in [6.07, 6.45) is 0. The molecule has 0 unspecified atom stereocenters. The molecule has 0 bridgehead atoms. The predicted molar refractivity (Wildman–Crippen MR) is 83.3 cm³/mol. The fourth-order valence-corrected chi connectivity index (χ4v) is 1.03. The molecular formula is C14H10N2O8PtS2. The second-order valence-corrected chi connectivity index (χ2v) is 5.41. The number of nitriles is 2. The minimum absolute atomic E-state index is 0. The van der Waals surface area contributed by atoms with Gasteiger partial charge in [-0.1, -0.05) is 36.4 Å². The van der Waals surface area contributed by atoms with Gasteiger partial charge in [0.1, 0.15) is 0 Å². The molecule has 0 atom stereocenters. The van der Waals surface area contributed by atoms with Crippen LogP contribution in [0.3, 0.4) is 0 Å². The maximum Gasteiger partial charge on any atom is 4.00 e. The van der Waals surface area contributed by atoms with E-state index < -0.39 is 20.8 Å². The summed E-state index contributed by atoms with van der Waals surface area (Å²) in [5.74, 6) is 0. The van der Waals surface area contributed by atoms with Crippen LogP contribution in [0, 0.1) is 22.7 Å². The first-order chi connectivity index (χ1) is 11.9. The van der Waals surface area contributed by atoms with Crippen LogP contribution in [0.4, 0.5) is 0 Å². The molecule has 2 aromatic carbocycles. The fourth-order valence-electron chi connectivity index (χ4n) is 1.03. The summed E-state index contributed by atoms with van der Waals surface area (Å²) >= 11 is 0. The largest absolute Gasteiger partial charge is 4.00 e. The van der Waals surface area contributed by atoms with Gasteiger partial charge in [-0.2, -0.15) is 10.5 Å². The van der Waals surface area contributed by atoms with E-state index in [1.54, 1.807) is 24.3 Å². The first-order valence-electron chi connectivity index (χ1n) is 6.10. The molecule has 0 saturated carbocycles. The van der Waals surface area contributed by atoms with Crippen molar-refractivity contribution in [2.24, 2.45) is 0 Å². The predicted octanol–water partition coefficient (Wildman–Crippen LogP) is 0.438. The van der Waals surface area contributed by atoms with E-state index in [4.69, 9.17) is 45.6 Å². The van der Waals surface area contributed by atoms with Crippen LogP contribution in [-0.4, -0.2) is 35.0 Å². The molecule has 27 heavy (non-hydrogen) atoms. The number of hydrogen-bond acceptors (Lipinski definition) is 10. The zero-order chi connectivity index (χ0) is 20.6. The Morgan fingerprint density at radius 3 is 0.889 bits per heavy atom. The van der Waals surface area contributed by atoms with Crippen molar-refractivity contribution in [1.82, 2.24) is 0 Å². The molecule has 0 aromatic heterocycles. The van der Waals surface area contributed by atoms with Crippen LogP contribution in [0.5, 0.6) is 0 Å². The molecule has 2 aromatic rings. The molecule has 0 heterocycles. The van der Waals surface area contributed by atoms with Gasteiger partial charge in [-0.3, -0.25) is 16.8 Å². The number of rotatable bonds is 0. The second kappa shape index (κ2) is 16.1. The summed E-state index contributed by atoms with van der Waals surface area (Å²) in [5, 5.41) is 16.6. The van der Waals surface area contributed by atoms with Crippen LogP contribution >= 0.6 is 0 Å². The van der Waals surface area contributed by atoms with E-state index in [1.807, 2.05) is 48.5 Å². The van der Waals surface area contributed by atoms with Crippen molar-refractivity contribution < 1.29 is 56.1 Å². The molecule has 0 radical (unpaired) electrons. The molecule has 146 valence electrons. The van der Waals surface area contributed by atoms with Crippen molar-refractivity contribution in [3.8, 4) is 12.1 Å². The van der Waals surface area contributed by atoms with Gasteiger partial charge in [0.25, 0.3) is 0 Å². The molecule has 0 saturated heterocycles. The zero-order valence-corrected chi connectivity index (χ0v) is 17.0. The van der Waals surface area contributed by atoms with Crippen molar-refractivity contribution in [3.63, 3.8) is 0 Å². The summed E-state index contributed by atoms with van der Waals surface area (Å²) in [6.45, 7) is 0. The Labute approximate surface area is 171 Å². The molecule has 0 aliphatic rings. The van der Waals surface area contributed by atoms with Gasteiger partial charge in [-0.25, -0.2) is 0 Å². The maximum absolute atomic E-state index is 8.52. The van der Waals surface area contributed by atoms with Crippen molar-refractivity contribution in [2.75, 3.05) is 0 Å². The third-order valence-corrected chi connectivity index (χ3v) is 1.81. The molecule has 13 heteroatoms. The summed E-state index contributed by atoms with van der Waals surface area (Å²) in [7, 11) is -10.3. The van der Waals surface area contributed by atoms with Gasteiger partial charge in [0, 0.05) is 20.8 Å². The summed E-state index contributed by atoms with van der Waals surface area (Å²) in [6, 6.07) is 22.3. The molecule has 0 fully saturated rings. The molecule has 2 rings (SSSR count). The monoisotopic (exact) mass is 593 g/mol. The van der Waals surface area contributed by atoms with Crippen LogP contribution in [0.15, 0.2) is 60.7 Å². The second-order valence-electron chi connectivity index (χ2n) is 3.77. The Balaban J connectivity index is -0.000000289. The Morgan fingerprint density at radius 1 is 0.593 bits per heavy atom. The van der Waals surface area contributed by atoms with Gasteiger partial charge >= 0.3 is 21.1 Å². The SMILES string of the molecule is N#Cc1ccccc1.N#Cc1ccccc1.O=S(=O)([O-])[O-].O=S(=O)([O-])[O-].[Pt+4]. The molecular weight excluding hydrogens is 583 g/mol. The molecule has 10 nitrogen and oxygen atoms in total. The quantitative estimate of drug-likeness (QED) is 0.304. The molecule has 0 N–H and O–H groups in total. The third kappa shape index (κ3) is 35.7. The van der Waals surface area contributed by atoms with E-state index in [0.717, 1.165) is 0 Å². The summed E-state index contributed by atoms with van der Waals surface area (Å²) in [5.41, 5.74) is 1.43. The molecule has 0 aliphatic carbocycles. The van der Waals surface area contributed by atoms with E-state index in [1.165, 1.54) is 0 Å². The van der Waals surface area contributed by atoms with Crippen molar-refractivity contribution in [2.45, 2.75) is 0 Å². The maximum atomic E-state index is 8.52. The van der Waals surface area contributed by atoms with Crippen molar-refractivity contribution in [3.05, 3.63) is 71.8 Å². The average Bonchev–Trinajstić information content (AvgIpc) is 2.54. The minimum Gasteiger partial charge on any atom is -0.759 e. The van der Waals surface area contributed by atoms with E-state index in [2.05, 4.69) is 0 Å². The van der Waals surface area contributed by atoms with Crippen molar-refractivity contribution in [1.29, 1.82) is 10.5 Å². The Morgan fingerprint density at radius 2 is 0.778 bits per heavy atom. The van der Waals surface area contributed by atoms with E-state index in [9.17, 15) is 0 Å². The average molecular weight is 593 g/mol. The summed E-state index contributed by atoms with van der Waals surface area (Å²) < 4.78 is 68.2. The first kappa shape index (κ1) is 29.6. The van der Waals surface area contributed by atoms with Gasteiger partial charge in [0.05, 0.1) is 23.3 Å². The van der Waals surface area contributed by atoms with E-state index >= 15 is 0 Å². The smallest absolute Gasteiger partial charge is 0.759 e. The van der Waals surface area contributed by atoms with Gasteiger partial charge in [0.15, 0.2) is 0 Å². The van der Waals surface area contributed by atoms with E-state index in [-0.39, 0.29) is 21.1 Å². The minimum atomic E-state index is -5.17. The van der Waals surface area contributed by atoms with Crippen LogP contribution in [-0.2, 0) is 41.9 Å². The van der Waals surface area contributed by atoms with Gasteiger partial charge in [-0.05, 0) is 24.3 Å². The summed E-state index contributed by atoms with van der Waals surface area (Å²) in [4.78, 5) is 0. The van der Waals surface area contributed by atoms with Gasteiger partial charge in [0.2, 0.25) is 0 Å². The molecule has 0 spiro atoms. The number of hydrogen-bond donors (Lipinski definition) is 0. The van der Waals surface area contributed by atoms with Crippen LogP contribution in [0.2, 0.25) is 0 Å². The topological polar surface area (TPSA) is 208 Å². The third-order valence-electron chi connectivity index (χ3n) is 1.81. The fraction of sp³-hybridized carbons (Fsp3) is 0. The molecule has 0 amide bonds. The normalized spacial score (nSPS) is 8.96. The van der Waals surface area contributed by atoms with Crippen LogP contribution < -0.4 is 0 Å². The standard InChI is InChI=1S/2C7H5N.2H2O4S.Pt/c2*8-6-7-4-2-1-3-5-7;2*1-5(2,3)4;/h2*1-5H;2*(H2,1,2,3,4);/q;;;;+4/p-4. The Kier molecular flexibility index (Phi) is 17.6. The Hall–Kier alpha value is -2.15. The van der Waals surface area contributed by atoms with E-state index in [0.29, 0.717) is 11.1 Å².